The minimum atomic E-state index is -0.792. The molecule has 0 aliphatic heterocycles. The molecule has 36 heavy (non-hydrogen) atoms. The standard InChI is InChI=1S/C28H47N3O4S/c1-9-11-12-16-29-25(32)24(22-14-13-20(3)19-21(22)4)31(17-10-2)26(33)23(15-18-36-8)30-27(34)35-28(5,6)7/h13-14,19,23-24H,9-12,15-18H2,1-8H3,(H,29,32)(H,30,34). The molecule has 0 aromatic heterocycles. The number of aryl methyl sites for hydroxylation is 2. The van der Waals surface area contributed by atoms with Crippen LogP contribution in [0.2, 0.25) is 0 Å². The molecular formula is C28H47N3O4S. The fraction of sp³-hybridized carbons (Fsp3) is 0.679. The van der Waals surface area contributed by atoms with Crippen molar-refractivity contribution in [2.24, 2.45) is 0 Å². The minimum Gasteiger partial charge on any atom is -0.444 e. The molecule has 0 aliphatic rings. The molecule has 7 nitrogen and oxygen atoms in total. The Bertz CT molecular complexity index is 854. The summed E-state index contributed by atoms with van der Waals surface area (Å²) in [5.74, 6) is 0.218. The Labute approximate surface area is 222 Å². The van der Waals surface area contributed by atoms with Crippen molar-refractivity contribution in [1.29, 1.82) is 0 Å². The molecule has 1 aromatic rings. The van der Waals surface area contributed by atoms with Crippen LogP contribution >= 0.6 is 11.8 Å². The van der Waals surface area contributed by atoms with Gasteiger partial charge in [-0.2, -0.15) is 11.8 Å². The molecule has 1 rings (SSSR count). The molecule has 0 fully saturated rings. The number of hydrogen-bond acceptors (Lipinski definition) is 5. The van der Waals surface area contributed by atoms with Gasteiger partial charge in [0.1, 0.15) is 17.7 Å². The zero-order chi connectivity index (χ0) is 27.3. The summed E-state index contributed by atoms with van der Waals surface area (Å²) >= 11 is 1.60. The first-order valence-corrected chi connectivity index (χ1v) is 14.5. The second-order valence-corrected chi connectivity index (χ2v) is 11.3. The lowest BCUT2D eigenvalue weighted by atomic mass is 9.96. The molecule has 0 saturated heterocycles. The summed E-state index contributed by atoms with van der Waals surface area (Å²) in [6.45, 7) is 14.4. The van der Waals surface area contributed by atoms with Crippen molar-refractivity contribution in [1.82, 2.24) is 15.5 Å². The number of benzene rings is 1. The van der Waals surface area contributed by atoms with E-state index in [1.54, 1.807) is 37.4 Å². The highest BCUT2D eigenvalue weighted by Gasteiger charge is 2.36. The van der Waals surface area contributed by atoms with E-state index >= 15 is 0 Å². The Morgan fingerprint density at radius 2 is 1.78 bits per heavy atom. The molecule has 2 N–H and O–H groups in total. The summed E-state index contributed by atoms with van der Waals surface area (Å²) in [5.41, 5.74) is 2.17. The molecule has 1 aromatic carbocycles. The molecule has 0 radical (unpaired) electrons. The molecule has 8 heteroatoms. The number of unbranched alkanes of at least 4 members (excludes halogenated alkanes) is 2. The SMILES string of the molecule is CCCCCNC(=O)C(c1ccc(C)cc1C)N(CCC)C(=O)C(CCSC)NC(=O)OC(C)(C)C. The molecule has 204 valence electrons. The summed E-state index contributed by atoms with van der Waals surface area (Å²) in [6, 6.07) is 4.37. The van der Waals surface area contributed by atoms with E-state index < -0.39 is 23.8 Å². The van der Waals surface area contributed by atoms with E-state index in [1.807, 2.05) is 45.2 Å². The Morgan fingerprint density at radius 1 is 1.08 bits per heavy atom. The van der Waals surface area contributed by atoms with Gasteiger partial charge in [0.25, 0.3) is 0 Å². The monoisotopic (exact) mass is 521 g/mol. The van der Waals surface area contributed by atoms with E-state index in [9.17, 15) is 14.4 Å². The summed E-state index contributed by atoms with van der Waals surface area (Å²) in [5, 5.41) is 5.84. The lowest BCUT2D eigenvalue weighted by Gasteiger charge is -2.35. The van der Waals surface area contributed by atoms with Crippen molar-refractivity contribution in [3.05, 3.63) is 34.9 Å². The Balaban J connectivity index is 3.39. The van der Waals surface area contributed by atoms with E-state index in [0.717, 1.165) is 36.0 Å². The van der Waals surface area contributed by atoms with Gasteiger partial charge in [0.05, 0.1) is 0 Å². The Kier molecular flexibility index (Phi) is 14.0. The fourth-order valence-electron chi connectivity index (χ4n) is 4.02. The van der Waals surface area contributed by atoms with Crippen LogP contribution in [0.25, 0.3) is 0 Å². The first-order valence-electron chi connectivity index (χ1n) is 13.1. The van der Waals surface area contributed by atoms with Crippen LogP contribution in [0.5, 0.6) is 0 Å². The normalized spacial score (nSPS) is 13.0. The predicted molar refractivity (Wildman–Crippen MR) is 149 cm³/mol. The lowest BCUT2D eigenvalue weighted by Crippen LogP contribution is -2.53. The third kappa shape index (κ3) is 10.8. The van der Waals surface area contributed by atoms with Gasteiger partial charge in [-0.3, -0.25) is 9.59 Å². The van der Waals surface area contributed by atoms with E-state index in [2.05, 4.69) is 17.6 Å². The number of rotatable bonds is 14. The number of carbonyl (C=O) groups excluding carboxylic acids is 3. The summed E-state index contributed by atoms with van der Waals surface area (Å²) in [4.78, 5) is 41.8. The quantitative estimate of drug-likeness (QED) is 0.314. The maximum absolute atomic E-state index is 14.0. The lowest BCUT2D eigenvalue weighted by molar-refractivity contribution is -0.142. The van der Waals surface area contributed by atoms with Crippen LogP contribution in [0.1, 0.15) is 89.5 Å². The molecule has 3 amide bonds. The fourth-order valence-corrected chi connectivity index (χ4v) is 4.49. The molecule has 0 spiro atoms. The average Bonchev–Trinajstić information content (AvgIpc) is 2.78. The molecule has 2 unspecified atom stereocenters. The smallest absolute Gasteiger partial charge is 0.408 e. The second-order valence-electron chi connectivity index (χ2n) is 10.3. The van der Waals surface area contributed by atoms with Gasteiger partial charge in [-0.15, -0.1) is 0 Å². The van der Waals surface area contributed by atoms with Crippen molar-refractivity contribution in [3.63, 3.8) is 0 Å². The zero-order valence-electron chi connectivity index (χ0n) is 23.5. The van der Waals surface area contributed by atoms with Crippen molar-refractivity contribution in [3.8, 4) is 0 Å². The van der Waals surface area contributed by atoms with Gasteiger partial charge in [0.2, 0.25) is 11.8 Å². The number of amides is 3. The highest BCUT2D eigenvalue weighted by Crippen LogP contribution is 2.27. The third-order valence-corrected chi connectivity index (χ3v) is 6.35. The van der Waals surface area contributed by atoms with Crippen LogP contribution in [0.3, 0.4) is 0 Å². The second kappa shape index (κ2) is 15.8. The number of alkyl carbamates (subject to hydrolysis) is 1. The maximum atomic E-state index is 14.0. The third-order valence-electron chi connectivity index (χ3n) is 5.71. The van der Waals surface area contributed by atoms with Crippen LogP contribution in [0, 0.1) is 13.8 Å². The Morgan fingerprint density at radius 3 is 2.33 bits per heavy atom. The van der Waals surface area contributed by atoms with Crippen LogP contribution in [0.15, 0.2) is 18.2 Å². The number of nitrogens with one attached hydrogen (secondary N) is 2. The largest absolute Gasteiger partial charge is 0.444 e. The maximum Gasteiger partial charge on any atom is 0.408 e. The zero-order valence-corrected chi connectivity index (χ0v) is 24.3. The van der Waals surface area contributed by atoms with Crippen molar-refractivity contribution >= 4 is 29.7 Å². The van der Waals surface area contributed by atoms with Crippen LogP contribution in [-0.2, 0) is 14.3 Å². The molecule has 0 saturated carbocycles. The Hall–Kier alpha value is -2.22. The summed E-state index contributed by atoms with van der Waals surface area (Å²) < 4.78 is 5.43. The van der Waals surface area contributed by atoms with Gasteiger partial charge in [-0.1, -0.05) is 50.5 Å². The van der Waals surface area contributed by atoms with Crippen molar-refractivity contribution < 1.29 is 19.1 Å². The molecule has 2 atom stereocenters. The molecule has 0 aliphatic carbocycles. The van der Waals surface area contributed by atoms with Crippen molar-refractivity contribution in [2.45, 2.75) is 98.3 Å². The van der Waals surface area contributed by atoms with Crippen LogP contribution < -0.4 is 10.6 Å². The first kappa shape index (κ1) is 31.8. The van der Waals surface area contributed by atoms with Gasteiger partial charge in [-0.05, 0) is 77.0 Å². The number of ether oxygens (including phenoxy) is 1. The highest BCUT2D eigenvalue weighted by molar-refractivity contribution is 7.98. The number of thioether (sulfide) groups is 1. The van der Waals surface area contributed by atoms with E-state index in [1.165, 1.54) is 0 Å². The molecular weight excluding hydrogens is 474 g/mol. The van der Waals surface area contributed by atoms with Crippen molar-refractivity contribution in [2.75, 3.05) is 25.1 Å². The molecule has 0 bridgehead atoms. The van der Waals surface area contributed by atoms with Gasteiger partial charge < -0.3 is 20.3 Å². The first-order chi connectivity index (χ1) is 16.9. The van der Waals surface area contributed by atoms with Crippen LogP contribution in [-0.4, -0.2) is 59.5 Å². The van der Waals surface area contributed by atoms with Crippen LogP contribution in [0.4, 0.5) is 4.79 Å². The average molecular weight is 522 g/mol. The van der Waals surface area contributed by atoms with Gasteiger partial charge in [0, 0.05) is 13.1 Å². The van der Waals surface area contributed by atoms with E-state index in [0.29, 0.717) is 31.7 Å². The number of hydrogen-bond donors (Lipinski definition) is 2. The van der Waals surface area contributed by atoms with E-state index in [-0.39, 0.29) is 11.8 Å². The molecule has 0 heterocycles. The van der Waals surface area contributed by atoms with Gasteiger partial charge in [0.15, 0.2) is 0 Å². The van der Waals surface area contributed by atoms with Gasteiger partial charge in [-0.25, -0.2) is 4.79 Å². The summed E-state index contributed by atoms with van der Waals surface area (Å²) in [6.07, 6.45) is 5.42. The highest BCUT2D eigenvalue weighted by atomic mass is 32.2. The minimum absolute atomic E-state index is 0.194. The topological polar surface area (TPSA) is 87.7 Å². The number of nitrogens with zero attached hydrogens (tertiary/aromatic N) is 1. The van der Waals surface area contributed by atoms with Gasteiger partial charge >= 0.3 is 6.09 Å². The number of carbonyl (C=O) groups is 3. The summed E-state index contributed by atoms with van der Waals surface area (Å²) in [7, 11) is 0. The predicted octanol–water partition coefficient (Wildman–Crippen LogP) is 5.54. The van der Waals surface area contributed by atoms with E-state index in [4.69, 9.17) is 4.74 Å².